The van der Waals surface area contributed by atoms with Crippen molar-refractivity contribution in [3.8, 4) is 6.07 Å². The van der Waals surface area contributed by atoms with E-state index in [0.29, 0.717) is 0 Å². The fraction of sp³-hybridized carbons (Fsp3) is 0.800. The van der Waals surface area contributed by atoms with E-state index in [1.165, 1.54) is 14.1 Å². The van der Waals surface area contributed by atoms with Crippen molar-refractivity contribution in [3.05, 3.63) is 0 Å². The van der Waals surface area contributed by atoms with Crippen molar-refractivity contribution in [1.82, 2.24) is 9.03 Å². The summed E-state index contributed by atoms with van der Waals surface area (Å²) in [6.07, 6.45) is 0.206. The smallest absolute Gasteiger partial charge is 0.205 e. The van der Waals surface area contributed by atoms with Gasteiger partial charge in [0.25, 0.3) is 10.2 Å². The lowest BCUT2D eigenvalue weighted by Crippen LogP contribution is -2.36. The monoisotopic (exact) mass is 177 g/mol. The summed E-state index contributed by atoms with van der Waals surface area (Å²) in [6.45, 7) is 0.222. The first-order chi connectivity index (χ1) is 5.04. The minimum Gasteiger partial charge on any atom is -0.205 e. The second kappa shape index (κ2) is 4.28. The van der Waals surface area contributed by atoms with Gasteiger partial charge in [0.05, 0.1) is 6.07 Å². The van der Waals surface area contributed by atoms with Crippen LogP contribution in [0.1, 0.15) is 6.42 Å². The van der Waals surface area contributed by atoms with E-state index >= 15 is 0 Å². The summed E-state index contributed by atoms with van der Waals surface area (Å²) in [5, 5.41) is 8.16. The normalized spacial score (nSPS) is 11.5. The number of nitrogens with one attached hydrogen (secondary N) is 1. The van der Waals surface area contributed by atoms with Gasteiger partial charge < -0.3 is 0 Å². The first-order valence-corrected chi connectivity index (χ1v) is 4.50. The minimum atomic E-state index is -3.34. The summed E-state index contributed by atoms with van der Waals surface area (Å²) in [5.41, 5.74) is 0. The molecule has 0 bridgehead atoms. The number of hydrogen-bond donors (Lipinski definition) is 1. The number of nitriles is 1. The van der Waals surface area contributed by atoms with Gasteiger partial charge in [0, 0.05) is 27.1 Å². The zero-order valence-corrected chi connectivity index (χ0v) is 7.35. The van der Waals surface area contributed by atoms with E-state index in [9.17, 15) is 8.42 Å². The van der Waals surface area contributed by atoms with Crippen LogP contribution in [-0.4, -0.2) is 33.4 Å². The van der Waals surface area contributed by atoms with Gasteiger partial charge in [0.2, 0.25) is 0 Å². The predicted molar refractivity (Wildman–Crippen MR) is 40.8 cm³/mol. The lowest BCUT2D eigenvalue weighted by molar-refractivity contribution is 0.469. The molecule has 0 aliphatic carbocycles. The fourth-order valence-corrected chi connectivity index (χ4v) is 1.13. The third kappa shape index (κ3) is 3.32. The summed E-state index contributed by atoms with van der Waals surface area (Å²) in [6, 6.07) is 1.86. The molecule has 64 valence electrons. The van der Waals surface area contributed by atoms with E-state index in [2.05, 4.69) is 4.72 Å². The molecule has 0 fully saturated rings. The van der Waals surface area contributed by atoms with Crippen molar-refractivity contribution < 1.29 is 8.42 Å². The molecule has 0 aliphatic rings. The van der Waals surface area contributed by atoms with Crippen molar-refractivity contribution in [1.29, 1.82) is 5.26 Å². The number of hydrogen-bond acceptors (Lipinski definition) is 3. The van der Waals surface area contributed by atoms with Gasteiger partial charge in [-0.25, -0.2) is 4.72 Å². The van der Waals surface area contributed by atoms with Crippen LogP contribution < -0.4 is 4.72 Å². The van der Waals surface area contributed by atoms with Crippen LogP contribution >= 0.6 is 0 Å². The molecule has 6 heteroatoms. The average Bonchev–Trinajstić information content (AvgIpc) is 2.00. The molecule has 0 amide bonds. The highest BCUT2D eigenvalue weighted by molar-refractivity contribution is 7.87. The topological polar surface area (TPSA) is 73.2 Å². The van der Waals surface area contributed by atoms with E-state index in [4.69, 9.17) is 5.26 Å². The van der Waals surface area contributed by atoms with Crippen LogP contribution in [0.3, 0.4) is 0 Å². The molecule has 0 saturated carbocycles. The van der Waals surface area contributed by atoms with E-state index in [0.717, 1.165) is 4.31 Å². The van der Waals surface area contributed by atoms with Crippen LogP contribution in [0.15, 0.2) is 0 Å². The van der Waals surface area contributed by atoms with Gasteiger partial charge >= 0.3 is 0 Å². The van der Waals surface area contributed by atoms with E-state index < -0.39 is 10.2 Å². The van der Waals surface area contributed by atoms with Crippen molar-refractivity contribution in [2.24, 2.45) is 0 Å². The highest BCUT2D eigenvalue weighted by Crippen LogP contribution is 1.92. The molecule has 11 heavy (non-hydrogen) atoms. The zero-order chi connectivity index (χ0) is 8.91. The fourth-order valence-electron chi connectivity index (χ4n) is 0.483. The van der Waals surface area contributed by atoms with Crippen LogP contribution in [0.2, 0.25) is 0 Å². The lowest BCUT2D eigenvalue weighted by atomic mass is 10.5. The van der Waals surface area contributed by atoms with Gasteiger partial charge in [-0.1, -0.05) is 0 Å². The highest BCUT2D eigenvalue weighted by Gasteiger charge is 2.13. The molecule has 5 nitrogen and oxygen atoms in total. The van der Waals surface area contributed by atoms with Crippen LogP contribution in [-0.2, 0) is 10.2 Å². The average molecular weight is 177 g/mol. The van der Waals surface area contributed by atoms with E-state index in [1.807, 2.05) is 6.07 Å². The third-order valence-electron chi connectivity index (χ3n) is 1.21. The minimum absolute atomic E-state index is 0.206. The van der Waals surface area contributed by atoms with Crippen molar-refractivity contribution in [3.63, 3.8) is 0 Å². The molecule has 0 atom stereocenters. The number of nitrogens with zero attached hydrogens (tertiary/aromatic N) is 2. The molecule has 0 radical (unpaired) electrons. The molecule has 0 spiro atoms. The first-order valence-electron chi connectivity index (χ1n) is 3.06. The molecular weight excluding hydrogens is 166 g/mol. The van der Waals surface area contributed by atoms with Crippen LogP contribution in [0, 0.1) is 11.3 Å². The molecule has 0 saturated heterocycles. The maximum Gasteiger partial charge on any atom is 0.278 e. The standard InChI is InChI=1S/C5H11N3O2S/c1-7-11(9,10)8(2)5-3-4-6/h7H,3,5H2,1-2H3. The Morgan fingerprint density at radius 3 is 2.55 bits per heavy atom. The Labute approximate surface area is 66.8 Å². The molecular formula is C5H11N3O2S. The van der Waals surface area contributed by atoms with Gasteiger partial charge in [-0.3, -0.25) is 0 Å². The summed E-state index contributed by atoms with van der Waals surface area (Å²) < 4.78 is 25.1. The Morgan fingerprint density at radius 2 is 2.18 bits per heavy atom. The zero-order valence-electron chi connectivity index (χ0n) is 6.53. The molecule has 0 aromatic heterocycles. The molecule has 1 N–H and O–H groups in total. The third-order valence-corrected chi connectivity index (χ3v) is 2.73. The number of rotatable bonds is 4. The van der Waals surface area contributed by atoms with Crippen LogP contribution in [0.25, 0.3) is 0 Å². The Morgan fingerprint density at radius 1 is 1.64 bits per heavy atom. The van der Waals surface area contributed by atoms with Gasteiger partial charge in [-0.15, -0.1) is 0 Å². The van der Waals surface area contributed by atoms with Gasteiger partial charge in [0.15, 0.2) is 0 Å². The Hall–Kier alpha value is -0.640. The molecule has 0 aliphatic heterocycles. The van der Waals surface area contributed by atoms with Crippen molar-refractivity contribution in [2.75, 3.05) is 20.6 Å². The summed E-state index contributed by atoms with van der Waals surface area (Å²) in [5.74, 6) is 0. The van der Waals surface area contributed by atoms with Gasteiger partial charge in [-0.2, -0.15) is 18.0 Å². The van der Waals surface area contributed by atoms with E-state index in [1.54, 1.807) is 0 Å². The first kappa shape index (κ1) is 10.4. The van der Waals surface area contributed by atoms with Gasteiger partial charge in [-0.05, 0) is 0 Å². The largest absolute Gasteiger partial charge is 0.278 e. The van der Waals surface area contributed by atoms with Crippen molar-refractivity contribution in [2.45, 2.75) is 6.42 Å². The van der Waals surface area contributed by atoms with Gasteiger partial charge in [0.1, 0.15) is 0 Å². The quantitative estimate of drug-likeness (QED) is 0.617. The molecule has 0 aromatic carbocycles. The lowest BCUT2D eigenvalue weighted by Gasteiger charge is -2.13. The Balaban J connectivity index is 4.05. The molecule has 0 unspecified atom stereocenters. The second-order valence-corrected chi connectivity index (χ2v) is 3.92. The van der Waals surface area contributed by atoms with Crippen LogP contribution in [0.5, 0.6) is 0 Å². The molecule has 0 aromatic rings. The summed E-state index contributed by atoms with van der Waals surface area (Å²) in [7, 11) is -0.587. The highest BCUT2D eigenvalue weighted by atomic mass is 32.2. The second-order valence-electron chi connectivity index (χ2n) is 1.94. The molecule has 0 heterocycles. The summed E-state index contributed by atoms with van der Waals surface area (Å²) >= 11 is 0. The Kier molecular flexibility index (Phi) is 4.03. The predicted octanol–water partition coefficient (Wildman–Crippen LogP) is -0.704. The maximum absolute atomic E-state index is 10.9. The molecule has 0 rings (SSSR count). The summed E-state index contributed by atoms with van der Waals surface area (Å²) in [4.78, 5) is 0. The van der Waals surface area contributed by atoms with Crippen LogP contribution in [0.4, 0.5) is 0 Å². The SMILES string of the molecule is CNS(=O)(=O)N(C)CCC#N. The van der Waals surface area contributed by atoms with E-state index in [-0.39, 0.29) is 13.0 Å². The van der Waals surface area contributed by atoms with Crippen molar-refractivity contribution >= 4 is 10.2 Å². The Bertz CT molecular complexity index is 241. The maximum atomic E-state index is 10.9.